The Kier molecular flexibility index (Phi) is 6.64. The van der Waals surface area contributed by atoms with Gasteiger partial charge in [0.1, 0.15) is 6.61 Å². The molecule has 6 nitrogen and oxygen atoms in total. The van der Waals surface area contributed by atoms with Crippen molar-refractivity contribution in [3.8, 4) is 6.07 Å². The van der Waals surface area contributed by atoms with Gasteiger partial charge < -0.3 is 15.0 Å². The number of nitrogens with one attached hydrogen (secondary N) is 1. The molecule has 2 aromatic rings. The van der Waals surface area contributed by atoms with Crippen molar-refractivity contribution < 1.29 is 14.3 Å². The van der Waals surface area contributed by atoms with Crippen LogP contribution in [0.25, 0.3) is 0 Å². The first kappa shape index (κ1) is 19.4. The number of amides is 2. The fraction of sp³-hybridized carbons (Fsp3) is 0.318. The lowest BCUT2D eigenvalue weighted by Crippen LogP contribution is -2.41. The molecule has 0 unspecified atom stereocenters. The molecule has 3 rings (SSSR count). The first-order chi connectivity index (χ1) is 13.7. The minimum Gasteiger partial charge on any atom is -0.445 e. The number of rotatable bonds is 5. The van der Waals surface area contributed by atoms with E-state index in [0.29, 0.717) is 36.7 Å². The third-order valence-corrected chi connectivity index (χ3v) is 4.88. The van der Waals surface area contributed by atoms with Crippen LogP contribution in [-0.2, 0) is 11.3 Å². The number of likely N-dealkylation sites (tertiary alicyclic amines) is 1. The number of carbonyl (C=O) groups excluding carboxylic acids is 2. The Balaban J connectivity index is 1.39. The molecule has 6 heteroatoms. The molecule has 0 bridgehead atoms. The maximum Gasteiger partial charge on any atom is 0.410 e. The lowest BCUT2D eigenvalue weighted by atomic mass is 9.97. The fourth-order valence-corrected chi connectivity index (χ4v) is 3.20. The standard InChI is InChI=1S/C22H23N3O3/c23-14-19-7-4-8-20(13-19)21(26)24-15-17-9-11-25(12-10-17)22(27)28-16-18-5-2-1-3-6-18/h1-8,13,17H,9-12,15-16H2,(H,24,26). The summed E-state index contributed by atoms with van der Waals surface area (Å²) in [4.78, 5) is 26.2. The van der Waals surface area contributed by atoms with Gasteiger partial charge in [-0.25, -0.2) is 4.79 Å². The minimum atomic E-state index is -0.292. The van der Waals surface area contributed by atoms with Crippen LogP contribution in [-0.4, -0.2) is 36.5 Å². The number of carbonyl (C=O) groups is 2. The zero-order valence-electron chi connectivity index (χ0n) is 15.6. The Bertz CT molecular complexity index is 853. The van der Waals surface area contributed by atoms with Crippen LogP contribution in [0.4, 0.5) is 4.79 Å². The molecule has 0 aromatic heterocycles. The van der Waals surface area contributed by atoms with Gasteiger partial charge in [0.2, 0.25) is 0 Å². The lowest BCUT2D eigenvalue weighted by molar-refractivity contribution is 0.0801. The first-order valence-electron chi connectivity index (χ1n) is 9.39. The summed E-state index contributed by atoms with van der Waals surface area (Å²) >= 11 is 0. The van der Waals surface area contributed by atoms with Crippen molar-refractivity contribution in [2.24, 2.45) is 5.92 Å². The van der Waals surface area contributed by atoms with Crippen molar-refractivity contribution in [3.05, 3.63) is 71.3 Å². The predicted molar refractivity (Wildman–Crippen MR) is 104 cm³/mol. The molecule has 1 N–H and O–H groups in total. The van der Waals surface area contributed by atoms with Gasteiger partial charge in [-0.1, -0.05) is 36.4 Å². The topological polar surface area (TPSA) is 82.4 Å². The van der Waals surface area contributed by atoms with Crippen LogP contribution in [0.15, 0.2) is 54.6 Å². The average molecular weight is 377 g/mol. The second-order valence-corrected chi connectivity index (χ2v) is 6.87. The van der Waals surface area contributed by atoms with Gasteiger partial charge >= 0.3 is 6.09 Å². The van der Waals surface area contributed by atoms with Gasteiger partial charge in [-0.3, -0.25) is 4.79 Å². The average Bonchev–Trinajstić information content (AvgIpc) is 2.77. The van der Waals surface area contributed by atoms with Crippen LogP contribution in [0, 0.1) is 17.2 Å². The SMILES string of the molecule is N#Cc1cccc(C(=O)NCC2CCN(C(=O)OCc3ccccc3)CC2)c1. The smallest absolute Gasteiger partial charge is 0.410 e. The zero-order chi connectivity index (χ0) is 19.8. The van der Waals surface area contributed by atoms with Crippen LogP contribution < -0.4 is 5.32 Å². The molecule has 2 amide bonds. The number of hydrogen-bond donors (Lipinski definition) is 1. The van der Waals surface area contributed by atoms with Crippen LogP contribution in [0.3, 0.4) is 0 Å². The van der Waals surface area contributed by atoms with E-state index >= 15 is 0 Å². The van der Waals surface area contributed by atoms with Crippen molar-refractivity contribution in [2.45, 2.75) is 19.4 Å². The molecule has 1 fully saturated rings. The second kappa shape index (κ2) is 9.56. The molecule has 28 heavy (non-hydrogen) atoms. The van der Waals surface area contributed by atoms with E-state index in [1.807, 2.05) is 36.4 Å². The van der Waals surface area contributed by atoms with Crippen molar-refractivity contribution in [1.29, 1.82) is 5.26 Å². The van der Waals surface area contributed by atoms with Crippen molar-refractivity contribution in [1.82, 2.24) is 10.2 Å². The monoisotopic (exact) mass is 377 g/mol. The Labute approximate surface area is 164 Å². The largest absolute Gasteiger partial charge is 0.445 e. The summed E-state index contributed by atoms with van der Waals surface area (Å²) in [6.45, 7) is 2.08. The first-order valence-corrected chi connectivity index (χ1v) is 9.39. The third kappa shape index (κ3) is 5.34. The molecule has 1 aliphatic heterocycles. The number of nitrogens with zero attached hydrogens (tertiary/aromatic N) is 2. The highest BCUT2D eigenvalue weighted by molar-refractivity contribution is 5.94. The van der Waals surface area contributed by atoms with Crippen LogP contribution >= 0.6 is 0 Å². The van der Waals surface area contributed by atoms with Crippen molar-refractivity contribution >= 4 is 12.0 Å². The summed E-state index contributed by atoms with van der Waals surface area (Å²) in [6.07, 6.45) is 1.34. The molecular formula is C22H23N3O3. The van der Waals surface area contributed by atoms with Gasteiger partial charge in [0.25, 0.3) is 5.91 Å². The summed E-state index contributed by atoms with van der Waals surface area (Å²) in [6, 6.07) is 18.3. The fourth-order valence-electron chi connectivity index (χ4n) is 3.20. The van der Waals surface area contributed by atoms with E-state index in [0.717, 1.165) is 18.4 Å². The van der Waals surface area contributed by atoms with Gasteiger partial charge in [-0.15, -0.1) is 0 Å². The molecule has 0 saturated carbocycles. The van der Waals surface area contributed by atoms with Gasteiger partial charge in [0.05, 0.1) is 11.6 Å². The molecule has 0 spiro atoms. The molecule has 2 aromatic carbocycles. The second-order valence-electron chi connectivity index (χ2n) is 6.87. The Hall–Kier alpha value is -3.33. The maximum absolute atomic E-state index is 12.2. The number of piperidine rings is 1. The van der Waals surface area contributed by atoms with Gasteiger partial charge in [0, 0.05) is 25.2 Å². The highest BCUT2D eigenvalue weighted by atomic mass is 16.6. The Morgan fingerprint density at radius 1 is 1.11 bits per heavy atom. The zero-order valence-corrected chi connectivity index (χ0v) is 15.6. The van der Waals surface area contributed by atoms with Gasteiger partial charge in [-0.05, 0) is 42.5 Å². The maximum atomic E-state index is 12.2. The van der Waals surface area contributed by atoms with Crippen LogP contribution in [0.2, 0.25) is 0 Å². The highest BCUT2D eigenvalue weighted by Crippen LogP contribution is 2.18. The summed E-state index contributed by atoms with van der Waals surface area (Å²) in [5.74, 6) is 0.142. The molecule has 0 radical (unpaired) electrons. The Morgan fingerprint density at radius 3 is 2.57 bits per heavy atom. The highest BCUT2D eigenvalue weighted by Gasteiger charge is 2.24. The van der Waals surface area contributed by atoms with E-state index in [1.165, 1.54) is 0 Å². The van der Waals surface area contributed by atoms with Crippen LogP contribution in [0.5, 0.6) is 0 Å². The lowest BCUT2D eigenvalue weighted by Gasteiger charge is -2.31. The quantitative estimate of drug-likeness (QED) is 0.866. The van der Waals surface area contributed by atoms with Gasteiger partial charge in [0.15, 0.2) is 0 Å². The van der Waals surface area contributed by atoms with E-state index in [1.54, 1.807) is 29.2 Å². The molecule has 0 atom stereocenters. The Morgan fingerprint density at radius 2 is 1.86 bits per heavy atom. The summed E-state index contributed by atoms with van der Waals surface area (Å²) in [5.41, 5.74) is 1.92. The number of hydrogen-bond acceptors (Lipinski definition) is 4. The third-order valence-electron chi connectivity index (χ3n) is 4.88. The summed E-state index contributed by atoms with van der Waals surface area (Å²) in [7, 11) is 0. The molecule has 1 heterocycles. The van der Waals surface area contributed by atoms with Gasteiger partial charge in [-0.2, -0.15) is 5.26 Å². The molecular weight excluding hydrogens is 354 g/mol. The molecule has 1 saturated heterocycles. The molecule has 0 aliphatic carbocycles. The van der Waals surface area contributed by atoms with E-state index in [-0.39, 0.29) is 18.6 Å². The number of benzene rings is 2. The predicted octanol–water partition coefficient (Wildman–Crippen LogP) is 3.34. The summed E-state index contributed by atoms with van der Waals surface area (Å²) in [5, 5.41) is 11.9. The van der Waals surface area contributed by atoms with Crippen LogP contribution in [0.1, 0.15) is 34.3 Å². The van der Waals surface area contributed by atoms with Crippen molar-refractivity contribution in [3.63, 3.8) is 0 Å². The molecule has 144 valence electrons. The number of ether oxygens (including phenoxy) is 1. The minimum absolute atomic E-state index is 0.179. The molecule has 1 aliphatic rings. The van der Waals surface area contributed by atoms with E-state index in [9.17, 15) is 9.59 Å². The number of nitriles is 1. The van der Waals surface area contributed by atoms with E-state index in [4.69, 9.17) is 10.00 Å². The van der Waals surface area contributed by atoms with E-state index < -0.39 is 0 Å². The normalized spacial score (nSPS) is 14.2. The summed E-state index contributed by atoms with van der Waals surface area (Å²) < 4.78 is 5.37. The van der Waals surface area contributed by atoms with Crippen molar-refractivity contribution in [2.75, 3.05) is 19.6 Å². The van der Waals surface area contributed by atoms with E-state index in [2.05, 4.69) is 5.32 Å².